The number of benzene rings is 2. The molecule has 3 rings (SSSR count). The van der Waals surface area contributed by atoms with Gasteiger partial charge in [0.05, 0.1) is 29.5 Å². The van der Waals surface area contributed by atoms with Crippen molar-refractivity contribution >= 4 is 11.0 Å². The summed E-state index contributed by atoms with van der Waals surface area (Å²) >= 11 is 0. The van der Waals surface area contributed by atoms with Crippen molar-refractivity contribution in [2.45, 2.75) is 0 Å². The summed E-state index contributed by atoms with van der Waals surface area (Å²) in [6, 6.07) is 16.8. The molecule has 88 valence electrons. The van der Waals surface area contributed by atoms with Crippen molar-refractivity contribution in [2.75, 3.05) is 0 Å². The number of hydrogen-bond donors (Lipinski definition) is 0. The highest BCUT2D eigenvalue weighted by Gasteiger charge is 2.08. The molecule has 2 aromatic carbocycles. The minimum absolute atomic E-state index is 0.601. The molecule has 0 aliphatic heterocycles. The smallest absolute Gasteiger partial charge is 0.134 e. The van der Waals surface area contributed by atoms with E-state index in [9.17, 15) is 0 Å². The third-order valence-corrected chi connectivity index (χ3v) is 3.03. The molecule has 0 aliphatic carbocycles. The normalized spacial score (nSPS) is 10.0. The Bertz CT molecular complexity index is 830. The summed E-state index contributed by atoms with van der Waals surface area (Å²) in [5, 5.41) is 18.6. The van der Waals surface area contributed by atoms with E-state index in [-0.39, 0.29) is 0 Å². The second kappa shape index (κ2) is 4.33. The Morgan fingerprint density at radius 1 is 0.842 bits per heavy atom. The lowest BCUT2D eigenvalue weighted by Gasteiger charge is -1.98. The Morgan fingerprint density at radius 2 is 1.53 bits per heavy atom. The van der Waals surface area contributed by atoms with Crippen LogP contribution in [0.3, 0.4) is 0 Å². The highest BCUT2D eigenvalue weighted by molar-refractivity contribution is 5.94. The molecule has 19 heavy (non-hydrogen) atoms. The molecule has 0 amide bonds. The highest BCUT2D eigenvalue weighted by Crippen LogP contribution is 2.31. The minimum Gasteiger partial charge on any atom is -0.464 e. The first-order chi connectivity index (χ1) is 9.31. The molecule has 0 fully saturated rings. The maximum atomic E-state index is 8.95. The van der Waals surface area contributed by atoms with E-state index >= 15 is 0 Å². The van der Waals surface area contributed by atoms with Crippen LogP contribution in [0, 0.1) is 22.7 Å². The average molecular weight is 244 g/mol. The number of nitrogens with zero attached hydrogens (tertiary/aromatic N) is 2. The Labute approximate surface area is 109 Å². The molecule has 0 N–H and O–H groups in total. The van der Waals surface area contributed by atoms with Crippen molar-refractivity contribution in [3.63, 3.8) is 0 Å². The predicted molar refractivity (Wildman–Crippen MR) is 71.1 cm³/mol. The van der Waals surface area contributed by atoms with Gasteiger partial charge in [-0.05, 0) is 35.9 Å². The van der Waals surface area contributed by atoms with Crippen LogP contribution in [0.2, 0.25) is 0 Å². The Balaban J connectivity index is 2.19. The molecule has 0 saturated carbocycles. The van der Waals surface area contributed by atoms with Crippen molar-refractivity contribution in [1.82, 2.24) is 0 Å². The third-order valence-electron chi connectivity index (χ3n) is 3.03. The number of rotatable bonds is 1. The largest absolute Gasteiger partial charge is 0.464 e. The predicted octanol–water partition coefficient (Wildman–Crippen LogP) is 3.84. The fraction of sp³-hybridized carbons (Fsp3) is 0. The lowest BCUT2D eigenvalue weighted by Crippen LogP contribution is -1.79. The van der Waals surface area contributed by atoms with Crippen LogP contribution in [-0.4, -0.2) is 0 Å². The fourth-order valence-corrected chi connectivity index (χ4v) is 2.05. The van der Waals surface area contributed by atoms with E-state index in [4.69, 9.17) is 14.9 Å². The van der Waals surface area contributed by atoms with Crippen molar-refractivity contribution in [2.24, 2.45) is 0 Å². The Morgan fingerprint density at radius 3 is 2.21 bits per heavy atom. The molecule has 0 saturated heterocycles. The number of hydrogen-bond acceptors (Lipinski definition) is 3. The maximum Gasteiger partial charge on any atom is 0.134 e. The van der Waals surface area contributed by atoms with Gasteiger partial charge >= 0.3 is 0 Å². The first kappa shape index (κ1) is 11.1. The Kier molecular flexibility index (Phi) is 2.52. The molecule has 1 heterocycles. The van der Waals surface area contributed by atoms with Crippen molar-refractivity contribution in [1.29, 1.82) is 10.5 Å². The molecule has 0 unspecified atom stereocenters. The highest BCUT2D eigenvalue weighted by atomic mass is 16.3. The van der Waals surface area contributed by atoms with E-state index in [0.717, 1.165) is 22.1 Å². The summed E-state index contributed by atoms with van der Waals surface area (Å²) in [6.07, 6.45) is 1.67. The van der Waals surface area contributed by atoms with Gasteiger partial charge in [-0.3, -0.25) is 0 Å². The molecule has 0 bridgehead atoms. The monoisotopic (exact) mass is 244 g/mol. The molecule has 0 radical (unpaired) electrons. The van der Waals surface area contributed by atoms with Gasteiger partial charge in [-0.2, -0.15) is 10.5 Å². The summed E-state index contributed by atoms with van der Waals surface area (Å²) in [7, 11) is 0. The zero-order valence-corrected chi connectivity index (χ0v) is 9.92. The van der Waals surface area contributed by atoms with Crippen molar-refractivity contribution in [3.8, 4) is 23.3 Å². The van der Waals surface area contributed by atoms with Crippen LogP contribution in [0.25, 0.3) is 22.1 Å². The number of fused-ring (bicyclic) bond motifs is 1. The Hall–Kier alpha value is -3.04. The molecule has 0 aliphatic rings. The van der Waals surface area contributed by atoms with E-state index in [1.54, 1.807) is 30.5 Å². The second-order valence-corrected chi connectivity index (χ2v) is 4.16. The lowest BCUT2D eigenvalue weighted by molar-refractivity contribution is 0.617. The summed E-state index contributed by atoms with van der Waals surface area (Å²) in [4.78, 5) is 0. The van der Waals surface area contributed by atoms with Crippen LogP contribution in [0.4, 0.5) is 0 Å². The van der Waals surface area contributed by atoms with E-state index in [1.165, 1.54) is 0 Å². The van der Waals surface area contributed by atoms with Gasteiger partial charge in [0.1, 0.15) is 5.58 Å². The maximum absolute atomic E-state index is 8.95. The number of nitriles is 2. The molecule has 1 aromatic heterocycles. The van der Waals surface area contributed by atoms with E-state index in [0.29, 0.717) is 11.1 Å². The topological polar surface area (TPSA) is 60.7 Å². The SMILES string of the molecule is N#Cc1ccc(-c2coc3ccc(C#N)cc23)cc1. The molecule has 3 heteroatoms. The van der Waals surface area contributed by atoms with Gasteiger partial charge in [-0.1, -0.05) is 12.1 Å². The standard InChI is InChI=1S/C16H8N2O/c17-8-11-1-4-13(5-2-11)15-10-19-16-6-3-12(9-18)7-14(15)16/h1-7,10H. The molecular weight excluding hydrogens is 236 g/mol. The van der Waals surface area contributed by atoms with Crippen LogP contribution in [0.15, 0.2) is 53.1 Å². The molecule has 3 nitrogen and oxygen atoms in total. The molecule has 0 spiro atoms. The van der Waals surface area contributed by atoms with Gasteiger partial charge in [-0.25, -0.2) is 0 Å². The van der Waals surface area contributed by atoms with Crippen molar-refractivity contribution < 1.29 is 4.42 Å². The van der Waals surface area contributed by atoms with Gasteiger partial charge in [0.15, 0.2) is 0 Å². The first-order valence-electron chi connectivity index (χ1n) is 5.74. The summed E-state index contributed by atoms with van der Waals surface area (Å²) < 4.78 is 5.49. The van der Waals surface area contributed by atoms with Gasteiger partial charge < -0.3 is 4.42 Å². The van der Waals surface area contributed by atoms with Crippen molar-refractivity contribution in [3.05, 3.63) is 59.9 Å². The average Bonchev–Trinajstić information content (AvgIpc) is 2.90. The third kappa shape index (κ3) is 1.84. The van der Waals surface area contributed by atoms with Gasteiger partial charge in [0.2, 0.25) is 0 Å². The van der Waals surface area contributed by atoms with Crippen LogP contribution < -0.4 is 0 Å². The quantitative estimate of drug-likeness (QED) is 0.653. The lowest BCUT2D eigenvalue weighted by atomic mass is 10.0. The van der Waals surface area contributed by atoms with Crippen LogP contribution in [-0.2, 0) is 0 Å². The molecule has 3 aromatic rings. The van der Waals surface area contributed by atoms with Crippen LogP contribution in [0.5, 0.6) is 0 Å². The summed E-state index contributed by atoms with van der Waals surface area (Å²) in [5.41, 5.74) is 3.86. The van der Waals surface area contributed by atoms with E-state index in [1.807, 2.05) is 18.2 Å². The van der Waals surface area contributed by atoms with E-state index < -0.39 is 0 Å². The molecule has 0 atom stereocenters. The zero-order chi connectivity index (χ0) is 13.2. The van der Waals surface area contributed by atoms with Crippen LogP contribution in [0.1, 0.15) is 11.1 Å². The first-order valence-corrected chi connectivity index (χ1v) is 5.74. The fourth-order valence-electron chi connectivity index (χ4n) is 2.05. The zero-order valence-electron chi connectivity index (χ0n) is 9.92. The van der Waals surface area contributed by atoms with Gasteiger partial charge in [0.25, 0.3) is 0 Å². The van der Waals surface area contributed by atoms with Gasteiger partial charge in [-0.15, -0.1) is 0 Å². The van der Waals surface area contributed by atoms with E-state index in [2.05, 4.69) is 12.1 Å². The number of furan rings is 1. The second-order valence-electron chi connectivity index (χ2n) is 4.16. The van der Waals surface area contributed by atoms with Crippen LogP contribution >= 0.6 is 0 Å². The summed E-state index contributed by atoms with van der Waals surface area (Å²) in [6.45, 7) is 0. The van der Waals surface area contributed by atoms with Gasteiger partial charge in [0, 0.05) is 10.9 Å². The molecular formula is C16H8N2O. The summed E-state index contributed by atoms with van der Waals surface area (Å²) in [5.74, 6) is 0. The minimum atomic E-state index is 0.601.